The summed E-state index contributed by atoms with van der Waals surface area (Å²) in [7, 11) is 1.35. The number of nitro benzene ring substituents is 1. The maximum Gasteiger partial charge on any atom is 0.314 e. The standard InChI is InChI=1S/C13H12N4O4/c1-20-12-5-3-8(6-11(12)17(18)19)21-9-2-4-10(13(14)15)16-7-9/h2-7H,1H3,(H3,14,15). The number of methoxy groups -OCH3 is 1. The Morgan fingerprint density at radius 1 is 1.33 bits per heavy atom. The van der Waals surface area contributed by atoms with E-state index in [0.29, 0.717) is 11.4 Å². The molecule has 8 nitrogen and oxygen atoms in total. The van der Waals surface area contributed by atoms with Crippen LogP contribution in [0, 0.1) is 15.5 Å². The Bertz CT molecular complexity index is 685. The molecule has 0 saturated carbocycles. The van der Waals surface area contributed by atoms with Crippen LogP contribution in [0.25, 0.3) is 0 Å². The van der Waals surface area contributed by atoms with Gasteiger partial charge in [0.05, 0.1) is 24.3 Å². The summed E-state index contributed by atoms with van der Waals surface area (Å²) in [5, 5.41) is 18.2. The van der Waals surface area contributed by atoms with Gasteiger partial charge in [-0.15, -0.1) is 0 Å². The van der Waals surface area contributed by atoms with Crippen molar-refractivity contribution >= 4 is 11.5 Å². The normalized spacial score (nSPS) is 9.95. The monoisotopic (exact) mass is 288 g/mol. The second kappa shape index (κ2) is 5.87. The molecule has 0 fully saturated rings. The first-order chi connectivity index (χ1) is 10.0. The molecule has 1 aromatic carbocycles. The van der Waals surface area contributed by atoms with E-state index in [1.54, 1.807) is 12.1 Å². The van der Waals surface area contributed by atoms with E-state index in [0.717, 1.165) is 0 Å². The maximum atomic E-state index is 10.9. The molecule has 0 spiro atoms. The van der Waals surface area contributed by atoms with Crippen molar-refractivity contribution in [1.29, 1.82) is 5.41 Å². The van der Waals surface area contributed by atoms with Crippen molar-refractivity contribution in [2.24, 2.45) is 5.73 Å². The van der Waals surface area contributed by atoms with Crippen molar-refractivity contribution in [3.63, 3.8) is 0 Å². The molecule has 2 aromatic rings. The minimum Gasteiger partial charge on any atom is -0.490 e. The van der Waals surface area contributed by atoms with Crippen molar-refractivity contribution in [3.05, 3.63) is 52.3 Å². The van der Waals surface area contributed by atoms with E-state index < -0.39 is 4.92 Å². The molecule has 1 heterocycles. The lowest BCUT2D eigenvalue weighted by Gasteiger charge is -2.07. The highest BCUT2D eigenvalue weighted by atomic mass is 16.6. The van der Waals surface area contributed by atoms with Crippen LogP contribution in [0.1, 0.15) is 5.69 Å². The van der Waals surface area contributed by atoms with Crippen molar-refractivity contribution in [2.75, 3.05) is 7.11 Å². The zero-order valence-corrected chi connectivity index (χ0v) is 11.1. The Morgan fingerprint density at radius 2 is 2.05 bits per heavy atom. The van der Waals surface area contributed by atoms with E-state index in [2.05, 4.69) is 4.98 Å². The third-order valence-corrected chi connectivity index (χ3v) is 2.60. The number of hydrogen-bond donors (Lipinski definition) is 2. The van der Waals surface area contributed by atoms with Crippen LogP contribution in [0.3, 0.4) is 0 Å². The largest absolute Gasteiger partial charge is 0.490 e. The number of rotatable bonds is 5. The van der Waals surface area contributed by atoms with E-state index in [-0.39, 0.29) is 23.0 Å². The predicted molar refractivity (Wildman–Crippen MR) is 75.0 cm³/mol. The molecule has 0 aliphatic rings. The zero-order chi connectivity index (χ0) is 15.4. The van der Waals surface area contributed by atoms with Gasteiger partial charge in [-0.3, -0.25) is 15.5 Å². The molecule has 0 aliphatic heterocycles. The molecular weight excluding hydrogens is 276 g/mol. The van der Waals surface area contributed by atoms with Gasteiger partial charge in [-0.1, -0.05) is 0 Å². The summed E-state index contributed by atoms with van der Waals surface area (Å²) in [5.74, 6) is 0.651. The number of amidine groups is 1. The average molecular weight is 288 g/mol. The van der Waals surface area contributed by atoms with E-state index >= 15 is 0 Å². The molecule has 0 amide bonds. The molecule has 2 rings (SSSR count). The third kappa shape index (κ3) is 3.24. The van der Waals surface area contributed by atoms with Gasteiger partial charge >= 0.3 is 5.69 Å². The molecule has 108 valence electrons. The smallest absolute Gasteiger partial charge is 0.314 e. The molecule has 0 aliphatic carbocycles. The summed E-state index contributed by atoms with van der Waals surface area (Å²) in [5.41, 5.74) is 5.42. The SMILES string of the molecule is COc1ccc(Oc2ccc(C(=N)N)nc2)cc1[N+](=O)[O-]. The van der Waals surface area contributed by atoms with Crippen LogP contribution in [0.4, 0.5) is 5.69 Å². The summed E-state index contributed by atoms with van der Waals surface area (Å²) in [6.45, 7) is 0. The first kappa shape index (κ1) is 14.3. The highest BCUT2D eigenvalue weighted by Gasteiger charge is 2.16. The van der Waals surface area contributed by atoms with Gasteiger partial charge in [0.2, 0.25) is 0 Å². The van der Waals surface area contributed by atoms with Crippen LogP contribution in [0.2, 0.25) is 0 Å². The number of nitrogens with two attached hydrogens (primary N) is 1. The molecule has 0 unspecified atom stereocenters. The number of nitrogens with zero attached hydrogens (tertiary/aromatic N) is 2. The molecule has 0 saturated heterocycles. The van der Waals surface area contributed by atoms with Crippen molar-refractivity contribution in [3.8, 4) is 17.2 Å². The molecule has 8 heteroatoms. The molecule has 0 radical (unpaired) electrons. The summed E-state index contributed by atoms with van der Waals surface area (Å²) >= 11 is 0. The van der Waals surface area contributed by atoms with Gasteiger partial charge in [0.1, 0.15) is 23.0 Å². The van der Waals surface area contributed by atoms with Crippen LogP contribution >= 0.6 is 0 Å². The van der Waals surface area contributed by atoms with Crippen LogP contribution in [0.5, 0.6) is 17.2 Å². The number of nitrogen functional groups attached to an aromatic ring is 1. The fourth-order valence-electron chi connectivity index (χ4n) is 1.61. The van der Waals surface area contributed by atoms with Crippen LogP contribution < -0.4 is 15.2 Å². The number of nitrogens with one attached hydrogen (secondary N) is 1. The number of nitro groups is 1. The molecule has 0 bridgehead atoms. The lowest BCUT2D eigenvalue weighted by molar-refractivity contribution is -0.385. The minimum atomic E-state index is -0.553. The van der Waals surface area contributed by atoms with Crippen molar-refractivity contribution in [2.45, 2.75) is 0 Å². The van der Waals surface area contributed by atoms with Gasteiger partial charge in [-0.05, 0) is 24.3 Å². The average Bonchev–Trinajstić information content (AvgIpc) is 2.47. The van der Waals surface area contributed by atoms with E-state index in [1.807, 2.05) is 0 Å². The molecule has 3 N–H and O–H groups in total. The van der Waals surface area contributed by atoms with E-state index in [1.165, 1.54) is 31.5 Å². The summed E-state index contributed by atoms with van der Waals surface area (Å²) < 4.78 is 10.4. The van der Waals surface area contributed by atoms with Gasteiger partial charge in [-0.2, -0.15) is 0 Å². The second-order valence-electron chi connectivity index (χ2n) is 3.99. The highest BCUT2D eigenvalue weighted by Crippen LogP contribution is 2.32. The molecule has 1 aromatic heterocycles. The lowest BCUT2D eigenvalue weighted by Crippen LogP contribution is -2.12. The van der Waals surface area contributed by atoms with Gasteiger partial charge in [-0.25, -0.2) is 4.98 Å². The van der Waals surface area contributed by atoms with E-state index in [9.17, 15) is 10.1 Å². The quantitative estimate of drug-likeness (QED) is 0.375. The van der Waals surface area contributed by atoms with E-state index in [4.69, 9.17) is 20.6 Å². The Labute approximate surface area is 119 Å². The van der Waals surface area contributed by atoms with Gasteiger partial charge < -0.3 is 15.2 Å². The first-order valence-electron chi connectivity index (χ1n) is 5.82. The van der Waals surface area contributed by atoms with Gasteiger partial charge in [0.15, 0.2) is 5.75 Å². The highest BCUT2D eigenvalue weighted by molar-refractivity contribution is 5.92. The number of hydrogen-bond acceptors (Lipinski definition) is 6. The van der Waals surface area contributed by atoms with Crippen molar-refractivity contribution in [1.82, 2.24) is 4.98 Å². The van der Waals surface area contributed by atoms with Crippen molar-refractivity contribution < 1.29 is 14.4 Å². The van der Waals surface area contributed by atoms with Crippen LogP contribution in [0.15, 0.2) is 36.5 Å². The van der Waals surface area contributed by atoms with Crippen LogP contribution in [-0.2, 0) is 0 Å². The molecular formula is C13H12N4O4. The fourth-order valence-corrected chi connectivity index (χ4v) is 1.61. The molecule has 0 atom stereocenters. The fraction of sp³-hybridized carbons (Fsp3) is 0.0769. The predicted octanol–water partition coefficient (Wildman–Crippen LogP) is 2.07. The summed E-state index contributed by atoms with van der Waals surface area (Å²) in [6.07, 6.45) is 1.38. The third-order valence-electron chi connectivity index (χ3n) is 2.60. The summed E-state index contributed by atoms with van der Waals surface area (Å²) in [6, 6.07) is 7.35. The Hall–Kier alpha value is -3.16. The second-order valence-corrected chi connectivity index (χ2v) is 3.99. The molecule has 21 heavy (non-hydrogen) atoms. The number of ether oxygens (including phenoxy) is 2. The number of pyridine rings is 1. The first-order valence-corrected chi connectivity index (χ1v) is 5.82. The number of benzene rings is 1. The maximum absolute atomic E-state index is 10.9. The Morgan fingerprint density at radius 3 is 2.57 bits per heavy atom. The lowest BCUT2D eigenvalue weighted by atomic mass is 10.2. The summed E-state index contributed by atoms with van der Waals surface area (Å²) in [4.78, 5) is 14.3. The zero-order valence-electron chi connectivity index (χ0n) is 11.1. The minimum absolute atomic E-state index is 0.150. The van der Waals surface area contributed by atoms with Gasteiger partial charge in [0.25, 0.3) is 0 Å². The number of aromatic nitrogens is 1. The van der Waals surface area contributed by atoms with Gasteiger partial charge in [0, 0.05) is 0 Å². The topological polar surface area (TPSA) is 124 Å². The Balaban J connectivity index is 2.25. The Kier molecular flexibility index (Phi) is 3.98. The van der Waals surface area contributed by atoms with Crippen LogP contribution in [-0.4, -0.2) is 22.9 Å².